The lowest BCUT2D eigenvalue weighted by atomic mass is 9.59. The molecule has 3 aliphatic carbocycles. The Labute approximate surface area is 195 Å². The smallest absolute Gasteiger partial charge is 0.253 e. The predicted octanol–water partition coefficient (Wildman–Crippen LogP) is 2.01. The van der Waals surface area contributed by atoms with Crippen molar-refractivity contribution in [3.05, 3.63) is 81.6 Å². The van der Waals surface area contributed by atoms with E-state index in [1.54, 1.807) is 6.07 Å². The number of nitrogens with two attached hydrogens (primary N) is 1. The molecule has 3 unspecified atom stereocenters. The molecule has 1 fully saturated rings. The van der Waals surface area contributed by atoms with E-state index in [1.165, 1.54) is 6.07 Å². The van der Waals surface area contributed by atoms with Gasteiger partial charge in [0.05, 0.1) is 11.5 Å². The van der Waals surface area contributed by atoms with Gasteiger partial charge in [-0.15, -0.1) is 0 Å². The summed E-state index contributed by atoms with van der Waals surface area (Å²) >= 11 is 0. The van der Waals surface area contributed by atoms with Crippen molar-refractivity contribution in [3.63, 3.8) is 0 Å². The topological polar surface area (TPSA) is 161 Å². The van der Waals surface area contributed by atoms with Crippen LogP contribution < -0.4 is 5.73 Å². The fourth-order valence-electron chi connectivity index (χ4n) is 5.99. The van der Waals surface area contributed by atoms with E-state index >= 15 is 0 Å². The van der Waals surface area contributed by atoms with Gasteiger partial charge in [-0.2, -0.15) is 0 Å². The Morgan fingerprint density at radius 2 is 1.74 bits per heavy atom. The standard InChI is InChI=1S/C26H25NO7/c27-25(32)22-18(29)11-15-9-14-10-16-13(8-12-4-2-1-3-5-12)6-7-17(28)20(16)23(30)19(14)24(31)21(15)26(22,33)34/h1-7,14-15,21,28-30,33-34H,8-11H2,(H2,27,32). The minimum Gasteiger partial charge on any atom is -0.512 e. The van der Waals surface area contributed by atoms with E-state index in [0.717, 1.165) is 16.7 Å². The lowest BCUT2D eigenvalue weighted by molar-refractivity contribution is -0.197. The number of Topliss-reactive ketones (excluding diaryl/α,β-unsaturated/α-hetero) is 1. The van der Waals surface area contributed by atoms with Crippen LogP contribution in [0.3, 0.4) is 0 Å². The number of benzene rings is 2. The molecule has 7 N–H and O–H groups in total. The summed E-state index contributed by atoms with van der Waals surface area (Å²) in [7, 11) is 0. The molecule has 2 aromatic carbocycles. The minimum absolute atomic E-state index is 0.00130. The van der Waals surface area contributed by atoms with Crippen LogP contribution in [0.15, 0.2) is 59.4 Å². The van der Waals surface area contributed by atoms with E-state index in [2.05, 4.69) is 0 Å². The molecule has 1 saturated carbocycles. The summed E-state index contributed by atoms with van der Waals surface area (Å²) in [6.07, 6.45) is 1.10. The third-order valence-corrected chi connectivity index (χ3v) is 7.37. The summed E-state index contributed by atoms with van der Waals surface area (Å²) in [6.45, 7) is 0. The summed E-state index contributed by atoms with van der Waals surface area (Å²) in [5.41, 5.74) is 7.29. The van der Waals surface area contributed by atoms with Gasteiger partial charge in [0, 0.05) is 12.0 Å². The Morgan fingerprint density at radius 3 is 2.41 bits per heavy atom. The molecule has 3 aliphatic rings. The van der Waals surface area contributed by atoms with Crippen molar-refractivity contribution in [1.82, 2.24) is 0 Å². The molecule has 0 spiro atoms. The lowest BCUT2D eigenvalue weighted by Gasteiger charge is -2.46. The number of ketones is 1. The van der Waals surface area contributed by atoms with E-state index in [0.29, 0.717) is 12.8 Å². The van der Waals surface area contributed by atoms with E-state index in [4.69, 9.17) is 5.73 Å². The van der Waals surface area contributed by atoms with Crippen LogP contribution in [0.1, 0.15) is 35.1 Å². The first-order valence-corrected chi connectivity index (χ1v) is 11.1. The number of carbonyl (C=O) groups excluding carboxylic acids is 2. The molecule has 8 nitrogen and oxygen atoms in total. The number of phenols is 1. The predicted molar refractivity (Wildman–Crippen MR) is 121 cm³/mol. The Kier molecular flexibility index (Phi) is 5.03. The van der Waals surface area contributed by atoms with E-state index in [1.807, 2.05) is 30.3 Å². The normalized spacial score (nSPS) is 25.5. The molecule has 8 heteroatoms. The van der Waals surface area contributed by atoms with Gasteiger partial charge in [0.2, 0.25) is 5.79 Å². The average molecular weight is 463 g/mol. The van der Waals surface area contributed by atoms with Gasteiger partial charge >= 0.3 is 0 Å². The Hall–Kier alpha value is -3.62. The SMILES string of the molecule is NC(=O)C1=C(O)CC2CC3Cc4c(Cc5ccccc5)ccc(O)c4C(O)=C3C(=O)C2C1(O)O. The molecule has 0 radical (unpaired) electrons. The summed E-state index contributed by atoms with van der Waals surface area (Å²) < 4.78 is 0. The van der Waals surface area contributed by atoms with Gasteiger partial charge in [0.25, 0.3) is 5.91 Å². The van der Waals surface area contributed by atoms with Crippen molar-refractivity contribution < 1.29 is 35.1 Å². The highest BCUT2D eigenvalue weighted by Crippen LogP contribution is 2.53. The molecule has 5 rings (SSSR count). The van der Waals surface area contributed by atoms with Crippen molar-refractivity contribution in [2.24, 2.45) is 23.5 Å². The first-order valence-electron chi connectivity index (χ1n) is 11.1. The quantitative estimate of drug-likeness (QED) is 0.379. The maximum atomic E-state index is 13.5. The Balaban J connectivity index is 1.61. The summed E-state index contributed by atoms with van der Waals surface area (Å²) in [5, 5.41) is 53.5. The average Bonchev–Trinajstić information content (AvgIpc) is 2.74. The van der Waals surface area contributed by atoms with Crippen LogP contribution in [-0.4, -0.2) is 43.0 Å². The van der Waals surface area contributed by atoms with Crippen LogP contribution in [0.5, 0.6) is 5.75 Å². The van der Waals surface area contributed by atoms with Crippen LogP contribution in [-0.2, 0) is 22.4 Å². The summed E-state index contributed by atoms with van der Waals surface area (Å²) in [4.78, 5) is 25.3. The van der Waals surface area contributed by atoms with E-state index < -0.39 is 52.3 Å². The number of amides is 1. The zero-order valence-electron chi connectivity index (χ0n) is 18.2. The molecule has 34 heavy (non-hydrogen) atoms. The van der Waals surface area contributed by atoms with Gasteiger partial charge in [0.15, 0.2) is 5.78 Å². The second-order valence-electron chi connectivity index (χ2n) is 9.38. The van der Waals surface area contributed by atoms with Crippen molar-refractivity contribution in [2.75, 3.05) is 0 Å². The van der Waals surface area contributed by atoms with Crippen LogP contribution in [0.2, 0.25) is 0 Å². The molecular formula is C26H25NO7. The third kappa shape index (κ3) is 3.21. The van der Waals surface area contributed by atoms with Gasteiger partial charge in [-0.25, -0.2) is 0 Å². The molecular weight excluding hydrogens is 438 g/mol. The zero-order valence-corrected chi connectivity index (χ0v) is 18.2. The monoisotopic (exact) mass is 463 g/mol. The second kappa shape index (κ2) is 7.72. The molecule has 0 aliphatic heterocycles. The number of hydrogen-bond donors (Lipinski definition) is 6. The highest BCUT2D eigenvalue weighted by molar-refractivity contribution is 6.07. The molecule has 0 aromatic heterocycles. The summed E-state index contributed by atoms with van der Waals surface area (Å²) in [6, 6.07) is 13.0. The van der Waals surface area contributed by atoms with Gasteiger partial charge in [0.1, 0.15) is 22.8 Å². The number of aromatic hydroxyl groups is 1. The molecule has 0 bridgehead atoms. The van der Waals surface area contributed by atoms with Crippen molar-refractivity contribution >= 4 is 17.4 Å². The molecule has 3 atom stereocenters. The number of phenolic OH excluding ortho intramolecular Hbond substituents is 1. The van der Waals surface area contributed by atoms with Crippen molar-refractivity contribution in [2.45, 2.75) is 31.5 Å². The number of allylic oxidation sites excluding steroid dienone is 2. The number of fused-ring (bicyclic) bond motifs is 3. The first kappa shape index (κ1) is 22.2. The highest BCUT2D eigenvalue weighted by Gasteiger charge is 2.58. The number of aliphatic hydroxyl groups excluding tert-OH is 2. The van der Waals surface area contributed by atoms with Crippen molar-refractivity contribution in [3.8, 4) is 5.75 Å². The maximum absolute atomic E-state index is 13.5. The number of hydrogen-bond acceptors (Lipinski definition) is 7. The number of primary amides is 1. The molecule has 2 aromatic rings. The molecule has 0 heterocycles. The highest BCUT2D eigenvalue weighted by atomic mass is 16.5. The molecule has 176 valence electrons. The van der Waals surface area contributed by atoms with Gasteiger partial charge in [-0.05, 0) is 53.9 Å². The largest absolute Gasteiger partial charge is 0.512 e. The van der Waals surface area contributed by atoms with Gasteiger partial charge in [-0.3, -0.25) is 9.59 Å². The minimum atomic E-state index is -2.97. The second-order valence-corrected chi connectivity index (χ2v) is 9.38. The van der Waals surface area contributed by atoms with E-state index in [-0.39, 0.29) is 29.7 Å². The van der Waals surface area contributed by atoms with E-state index in [9.17, 15) is 35.1 Å². The van der Waals surface area contributed by atoms with Gasteiger partial charge < -0.3 is 31.3 Å². The molecule has 0 saturated heterocycles. The Bertz CT molecular complexity index is 1280. The molecule has 1 amide bonds. The van der Waals surface area contributed by atoms with Crippen molar-refractivity contribution in [1.29, 1.82) is 0 Å². The number of rotatable bonds is 3. The summed E-state index contributed by atoms with van der Waals surface area (Å²) in [5.74, 6) is -8.62. The first-order chi connectivity index (χ1) is 16.1. The maximum Gasteiger partial charge on any atom is 0.253 e. The van der Waals surface area contributed by atoms with Crippen LogP contribution in [0.4, 0.5) is 0 Å². The number of aliphatic hydroxyl groups is 4. The fourth-order valence-corrected chi connectivity index (χ4v) is 5.99. The van der Waals surface area contributed by atoms with Crippen LogP contribution in [0, 0.1) is 17.8 Å². The fraction of sp³-hybridized carbons (Fsp3) is 0.308. The number of carbonyl (C=O) groups is 2. The van der Waals surface area contributed by atoms with Crippen LogP contribution in [0.25, 0.3) is 5.76 Å². The third-order valence-electron chi connectivity index (χ3n) is 7.37. The Morgan fingerprint density at radius 1 is 1.03 bits per heavy atom. The van der Waals surface area contributed by atoms with Gasteiger partial charge in [-0.1, -0.05) is 36.4 Å². The zero-order chi connectivity index (χ0) is 24.4. The van der Waals surface area contributed by atoms with Crippen LogP contribution >= 0.6 is 0 Å². The lowest BCUT2D eigenvalue weighted by Crippen LogP contribution is -2.57.